The van der Waals surface area contributed by atoms with Gasteiger partial charge < -0.3 is 5.32 Å². The largest absolute Gasteiger partial charge is 0.315 e. The summed E-state index contributed by atoms with van der Waals surface area (Å²) >= 11 is 6.33. The van der Waals surface area contributed by atoms with Gasteiger partial charge in [0.2, 0.25) is 0 Å². The van der Waals surface area contributed by atoms with E-state index in [2.05, 4.69) is 22.2 Å². The molecular formula is C14H25ClN4. The first-order valence-electron chi connectivity index (χ1n) is 7.26. The summed E-state index contributed by atoms with van der Waals surface area (Å²) in [6, 6.07) is 0.641. The van der Waals surface area contributed by atoms with Crippen LogP contribution in [0, 0.1) is 6.92 Å². The molecule has 0 spiro atoms. The molecule has 0 saturated carbocycles. The first kappa shape index (κ1) is 14.8. The zero-order valence-corrected chi connectivity index (χ0v) is 13.0. The fraction of sp³-hybridized carbons (Fsp3) is 0.786. The van der Waals surface area contributed by atoms with Gasteiger partial charge in [-0.25, -0.2) is 0 Å². The van der Waals surface area contributed by atoms with E-state index in [0.717, 1.165) is 30.5 Å². The van der Waals surface area contributed by atoms with Gasteiger partial charge in [0.1, 0.15) is 5.15 Å². The quantitative estimate of drug-likeness (QED) is 0.814. The van der Waals surface area contributed by atoms with Crippen LogP contribution in [0.4, 0.5) is 0 Å². The Bertz CT molecular complexity index is 416. The number of nitrogens with one attached hydrogen (secondary N) is 1. The van der Waals surface area contributed by atoms with Crippen LogP contribution in [0.25, 0.3) is 0 Å². The molecule has 1 aromatic heterocycles. The Morgan fingerprint density at radius 2 is 2.26 bits per heavy atom. The third kappa shape index (κ3) is 3.50. The SMILES string of the molecule is CCCNCC1CCCN1Cc1c(C)nn(C)c1Cl. The number of halogens is 1. The highest BCUT2D eigenvalue weighted by atomic mass is 35.5. The molecule has 1 unspecified atom stereocenters. The van der Waals surface area contributed by atoms with Gasteiger partial charge in [-0.1, -0.05) is 18.5 Å². The molecule has 1 saturated heterocycles. The molecule has 108 valence electrons. The number of hydrogen-bond donors (Lipinski definition) is 1. The molecule has 0 bridgehead atoms. The minimum absolute atomic E-state index is 0.641. The summed E-state index contributed by atoms with van der Waals surface area (Å²) < 4.78 is 1.77. The normalized spacial score (nSPS) is 20.3. The number of nitrogens with zero attached hydrogens (tertiary/aromatic N) is 3. The van der Waals surface area contributed by atoms with Crippen LogP contribution in [0.3, 0.4) is 0 Å². The van der Waals surface area contributed by atoms with Gasteiger partial charge in [-0.05, 0) is 39.3 Å². The topological polar surface area (TPSA) is 33.1 Å². The van der Waals surface area contributed by atoms with E-state index in [0.29, 0.717) is 6.04 Å². The molecule has 5 heteroatoms. The Kier molecular flexibility index (Phi) is 5.25. The lowest BCUT2D eigenvalue weighted by Gasteiger charge is -2.24. The van der Waals surface area contributed by atoms with Crippen molar-refractivity contribution < 1.29 is 0 Å². The van der Waals surface area contributed by atoms with Crippen LogP contribution < -0.4 is 5.32 Å². The average molecular weight is 285 g/mol. The second-order valence-electron chi connectivity index (χ2n) is 5.45. The molecule has 1 aromatic rings. The van der Waals surface area contributed by atoms with Gasteiger partial charge in [0.25, 0.3) is 0 Å². The fourth-order valence-electron chi connectivity index (χ4n) is 2.84. The van der Waals surface area contributed by atoms with Gasteiger partial charge in [0.05, 0.1) is 5.69 Å². The summed E-state index contributed by atoms with van der Waals surface area (Å²) in [6.07, 6.45) is 3.77. The number of aryl methyl sites for hydroxylation is 2. The minimum Gasteiger partial charge on any atom is -0.315 e. The van der Waals surface area contributed by atoms with Crippen LogP contribution in [0.2, 0.25) is 5.15 Å². The Morgan fingerprint density at radius 3 is 2.89 bits per heavy atom. The summed E-state index contributed by atoms with van der Waals surface area (Å²) in [5.74, 6) is 0. The summed E-state index contributed by atoms with van der Waals surface area (Å²) in [5.41, 5.74) is 2.24. The highest BCUT2D eigenvalue weighted by Gasteiger charge is 2.26. The fourth-order valence-corrected chi connectivity index (χ4v) is 3.07. The molecular weight excluding hydrogens is 260 g/mol. The van der Waals surface area contributed by atoms with Gasteiger partial charge >= 0.3 is 0 Å². The van der Waals surface area contributed by atoms with Crippen LogP contribution >= 0.6 is 11.6 Å². The molecule has 1 atom stereocenters. The van der Waals surface area contributed by atoms with Crippen LogP contribution in [0.5, 0.6) is 0 Å². The van der Waals surface area contributed by atoms with Crippen molar-refractivity contribution in [3.8, 4) is 0 Å². The molecule has 2 rings (SSSR count). The van der Waals surface area contributed by atoms with Crippen LogP contribution in [0.1, 0.15) is 37.4 Å². The highest BCUT2D eigenvalue weighted by molar-refractivity contribution is 6.30. The van der Waals surface area contributed by atoms with Crippen molar-refractivity contribution in [1.82, 2.24) is 20.0 Å². The Balaban J connectivity index is 1.97. The van der Waals surface area contributed by atoms with Crippen molar-refractivity contribution in [3.05, 3.63) is 16.4 Å². The molecule has 0 aromatic carbocycles. The van der Waals surface area contributed by atoms with E-state index in [1.165, 1.54) is 31.4 Å². The van der Waals surface area contributed by atoms with Crippen molar-refractivity contribution in [2.75, 3.05) is 19.6 Å². The summed E-state index contributed by atoms with van der Waals surface area (Å²) in [5, 5.41) is 8.71. The Hall–Kier alpha value is -0.580. The second kappa shape index (κ2) is 6.73. The molecule has 4 nitrogen and oxygen atoms in total. The van der Waals surface area contributed by atoms with E-state index in [-0.39, 0.29) is 0 Å². The predicted molar refractivity (Wildman–Crippen MR) is 79.5 cm³/mol. The van der Waals surface area contributed by atoms with E-state index in [9.17, 15) is 0 Å². The standard InChI is InChI=1S/C14H25ClN4/c1-4-7-16-9-12-6-5-8-19(12)10-13-11(2)17-18(3)14(13)15/h12,16H,4-10H2,1-3H3. The summed E-state index contributed by atoms with van der Waals surface area (Å²) in [7, 11) is 1.91. The summed E-state index contributed by atoms with van der Waals surface area (Å²) in [4.78, 5) is 2.54. The maximum atomic E-state index is 6.33. The van der Waals surface area contributed by atoms with Gasteiger partial charge in [0.15, 0.2) is 0 Å². The molecule has 1 N–H and O–H groups in total. The van der Waals surface area contributed by atoms with Gasteiger partial charge in [0, 0.05) is 31.7 Å². The van der Waals surface area contributed by atoms with Crippen LogP contribution in [-0.4, -0.2) is 40.4 Å². The zero-order chi connectivity index (χ0) is 13.8. The molecule has 2 heterocycles. The second-order valence-corrected chi connectivity index (χ2v) is 5.81. The maximum Gasteiger partial charge on any atom is 0.131 e. The van der Waals surface area contributed by atoms with Crippen LogP contribution in [-0.2, 0) is 13.6 Å². The van der Waals surface area contributed by atoms with Crippen molar-refractivity contribution >= 4 is 11.6 Å². The monoisotopic (exact) mass is 284 g/mol. The smallest absolute Gasteiger partial charge is 0.131 e. The predicted octanol–water partition coefficient (Wildman–Crippen LogP) is 2.35. The number of hydrogen-bond acceptors (Lipinski definition) is 3. The molecule has 1 aliphatic rings. The van der Waals surface area contributed by atoms with Gasteiger partial charge in [-0.2, -0.15) is 5.10 Å². The van der Waals surface area contributed by atoms with Crippen molar-refractivity contribution in [2.45, 2.75) is 45.7 Å². The highest BCUT2D eigenvalue weighted by Crippen LogP contribution is 2.25. The van der Waals surface area contributed by atoms with E-state index in [1.54, 1.807) is 4.68 Å². The minimum atomic E-state index is 0.641. The first-order chi connectivity index (χ1) is 9.13. The number of rotatable bonds is 6. The van der Waals surface area contributed by atoms with E-state index < -0.39 is 0 Å². The van der Waals surface area contributed by atoms with Crippen LogP contribution in [0.15, 0.2) is 0 Å². The molecule has 0 radical (unpaired) electrons. The maximum absolute atomic E-state index is 6.33. The van der Waals surface area contributed by atoms with Crippen molar-refractivity contribution in [2.24, 2.45) is 7.05 Å². The van der Waals surface area contributed by atoms with Gasteiger partial charge in [-0.15, -0.1) is 0 Å². The lowest BCUT2D eigenvalue weighted by Crippen LogP contribution is -2.37. The zero-order valence-electron chi connectivity index (χ0n) is 12.2. The summed E-state index contributed by atoms with van der Waals surface area (Å²) in [6.45, 7) is 8.54. The molecule has 0 amide bonds. The number of aromatic nitrogens is 2. The first-order valence-corrected chi connectivity index (χ1v) is 7.64. The number of likely N-dealkylation sites (tertiary alicyclic amines) is 1. The third-order valence-electron chi connectivity index (χ3n) is 3.94. The molecule has 1 aliphatic heterocycles. The van der Waals surface area contributed by atoms with E-state index in [1.807, 2.05) is 14.0 Å². The van der Waals surface area contributed by atoms with Gasteiger partial charge in [-0.3, -0.25) is 9.58 Å². The molecule has 0 aliphatic carbocycles. The van der Waals surface area contributed by atoms with E-state index >= 15 is 0 Å². The molecule has 19 heavy (non-hydrogen) atoms. The lowest BCUT2D eigenvalue weighted by atomic mass is 10.2. The third-order valence-corrected chi connectivity index (χ3v) is 4.41. The average Bonchev–Trinajstić information content (AvgIpc) is 2.91. The molecule has 1 fully saturated rings. The van der Waals surface area contributed by atoms with E-state index in [4.69, 9.17) is 11.6 Å². The Labute approximate surface area is 121 Å². The van der Waals surface area contributed by atoms with Crippen molar-refractivity contribution in [1.29, 1.82) is 0 Å². The lowest BCUT2D eigenvalue weighted by molar-refractivity contribution is 0.239. The Morgan fingerprint density at radius 1 is 1.47 bits per heavy atom. The van der Waals surface area contributed by atoms with Crippen molar-refractivity contribution in [3.63, 3.8) is 0 Å².